The maximum atomic E-state index is 12.8. The zero-order chi connectivity index (χ0) is 21.5. The second-order valence-electron chi connectivity index (χ2n) is 7.30. The Bertz CT molecular complexity index is 1260. The van der Waals surface area contributed by atoms with Gasteiger partial charge in [-0.1, -0.05) is 18.2 Å². The molecule has 0 atom stereocenters. The first-order chi connectivity index (χ1) is 14.3. The van der Waals surface area contributed by atoms with Crippen LogP contribution in [-0.2, 0) is 16.6 Å². The van der Waals surface area contributed by atoms with Crippen molar-refractivity contribution in [2.24, 2.45) is 0 Å². The normalized spacial score (nSPS) is 16.2. The fourth-order valence-corrected chi connectivity index (χ4v) is 6.22. The molecule has 0 bridgehead atoms. The Kier molecular flexibility index (Phi) is 5.58. The number of nitrogens with one attached hydrogen (secondary N) is 1. The molecule has 30 heavy (non-hydrogen) atoms. The van der Waals surface area contributed by atoms with Crippen molar-refractivity contribution in [1.29, 1.82) is 0 Å². The minimum atomic E-state index is -3.50. The lowest BCUT2D eigenvalue weighted by atomic mass is 10.2. The fraction of sp³-hybridized carbons (Fsp3) is 0.350. The molecule has 4 rings (SSSR count). The lowest BCUT2D eigenvalue weighted by Gasteiger charge is -2.33. The van der Waals surface area contributed by atoms with Gasteiger partial charge in [0.05, 0.1) is 21.7 Å². The van der Waals surface area contributed by atoms with Crippen molar-refractivity contribution in [2.75, 3.05) is 26.2 Å². The van der Waals surface area contributed by atoms with Crippen LogP contribution < -0.4 is 5.56 Å². The Morgan fingerprint density at radius 3 is 2.47 bits per heavy atom. The number of Topliss-reactive ketones (excluding diaryl/α,β-unsaturated/α-hetero) is 1. The number of sulfonamides is 1. The third-order valence-corrected chi connectivity index (χ3v) is 8.45. The Hall–Kier alpha value is -2.40. The van der Waals surface area contributed by atoms with Crippen molar-refractivity contribution in [3.8, 4) is 0 Å². The van der Waals surface area contributed by atoms with Crippen molar-refractivity contribution in [2.45, 2.75) is 25.3 Å². The number of aromatic nitrogens is 2. The van der Waals surface area contributed by atoms with Crippen LogP contribution in [0.5, 0.6) is 0 Å². The molecule has 158 valence electrons. The lowest BCUT2D eigenvalue weighted by Crippen LogP contribution is -2.48. The summed E-state index contributed by atoms with van der Waals surface area (Å²) in [6.45, 7) is 5.48. The van der Waals surface area contributed by atoms with Gasteiger partial charge >= 0.3 is 0 Å². The minimum Gasteiger partial charge on any atom is -0.309 e. The predicted octanol–water partition coefficient (Wildman–Crippen LogP) is 2.00. The van der Waals surface area contributed by atoms with E-state index in [-0.39, 0.29) is 11.3 Å². The molecule has 1 fully saturated rings. The molecule has 0 unspecified atom stereocenters. The van der Waals surface area contributed by atoms with Gasteiger partial charge in [-0.25, -0.2) is 13.4 Å². The highest BCUT2D eigenvalue weighted by Gasteiger charge is 2.28. The largest absolute Gasteiger partial charge is 0.309 e. The average Bonchev–Trinajstić information content (AvgIpc) is 3.06. The molecule has 0 aliphatic carbocycles. The van der Waals surface area contributed by atoms with Gasteiger partial charge in [-0.05, 0) is 31.5 Å². The molecule has 3 heterocycles. The molecular weight excluding hydrogens is 424 g/mol. The number of aryl methyl sites for hydroxylation is 1. The minimum absolute atomic E-state index is 0.0767. The van der Waals surface area contributed by atoms with Crippen LogP contribution in [0.4, 0.5) is 0 Å². The number of hydrogen-bond donors (Lipinski definition) is 1. The maximum absolute atomic E-state index is 12.8. The second-order valence-corrected chi connectivity index (χ2v) is 10.2. The quantitative estimate of drug-likeness (QED) is 0.602. The van der Waals surface area contributed by atoms with E-state index in [1.54, 1.807) is 37.3 Å². The number of thiophene rings is 1. The molecule has 0 spiro atoms. The highest BCUT2D eigenvalue weighted by atomic mass is 32.2. The average molecular weight is 447 g/mol. The van der Waals surface area contributed by atoms with Gasteiger partial charge < -0.3 is 4.98 Å². The molecule has 1 aliphatic heterocycles. The van der Waals surface area contributed by atoms with Crippen LogP contribution in [0, 0.1) is 6.92 Å². The predicted molar refractivity (Wildman–Crippen MR) is 115 cm³/mol. The zero-order valence-electron chi connectivity index (χ0n) is 16.7. The van der Waals surface area contributed by atoms with Gasteiger partial charge in [-0.2, -0.15) is 4.31 Å². The van der Waals surface area contributed by atoms with Gasteiger partial charge in [0.2, 0.25) is 10.0 Å². The van der Waals surface area contributed by atoms with Crippen molar-refractivity contribution in [3.63, 3.8) is 0 Å². The number of ketones is 1. The van der Waals surface area contributed by atoms with E-state index >= 15 is 0 Å². The summed E-state index contributed by atoms with van der Waals surface area (Å²) in [6.07, 6.45) is 0. The standard InChI is InChI=1S/C20H22N4O4S2/c1-13-17-19(26)21-16(22-20(17)29-18(13)14(2)25)12-23-8-10-24(11-9-23)30(27,28)15-6-4-3-5-7-15/h3-7H,8-12H2,1-2H3,(H,21,22,26). The number of nitrogens with zero attached hydrogens (tertiary/aromatic N) is 3. The van der Waals surface area contributed by atoms with Gasteiger partial charge in [-0.3, -0.25) is 14.5 Å². The summed E-state index contributed by atoms with van der Waals surface area (Å²) in [5.41, 5.74) is 0.420. The zero-order valence-corrected chi connectivity index (χ0v) is 18.3. The number of piperazine rings is 1. The molecular formula is C20H22N4O4S2. The lowest BCUT2D eigenvalue weighted by molar-refractivity contribution is 0.102. The summed E-state index contributed by atoms with van der Waals surface area (Å²) in [4.78, 5) is 35.1. The number of H-pyrrole nitrogens is 1. The van der Waals surface area contributed by atoms with Gasteiger partial charge in [0.1, 0.15) is 10.7 Å². The number of carbonyl (C=O) groups is 1. The van der Waals surface area contributed by atoms with Gasteiger partial charge in [0, 0.05) is 26.2 Å². The van der Waals surface area contributed by atoms with Gasteiger partial charge in [-0.15, -0.1) is 11.3 Å². The molecule has 0 amide bonds. The third-order valence-electron chi connectivity index (χ3n) is 5.25. The topological polar surface area (TPSA) is 103 Å². The number of fused-ring (bicyclic) bond motifs is 1. The summed E-state index contributed by atoms with van der Waals surface area (Å²) in [6, 6.07) is 8.42. The SMILES string of the molecule is CC(=O)c1sc2nc(CN3CCN(S(=O)(=O)c4ccccc4)CC3)[nH]c(=O)c2c1C. The van der Waals surface area contributed by atoms with Crippen LogP contribution >= 0.6 is 11.3 Å². The number of carbonyl (C=O) groups excluding carboxylic acids is 1. The van der Waals surface area contributed by atoms with E-state index in [4.69, 9.17) is 0 Å². The van der Waals surface area contributed by atoms with Crippen molar-refractivity contribution in [3.05, 3.63) is 57.0 Å². The molecule has 2 aromatic heterocycles. The number of benzene rings is 1. The molecule has 0 saturated carbocycles. The molecule has 8 nitrogen and oxygen atoms in total. The van der Waals surface area contributed by atoms with Gasteiger partial charge in [0.15, 0.2) is 5.78 Å². The van der Waals surface area contributed by atoms with E-state index in [0.29, 0.717) is 64.1 Å². The molecule has 1 aliphatic rings. The highest BCUT2D eigenvalue weighted by Crippen LogP contribution is 2.27. The maximum Gasteiger partial charge on any atom is 0.259 e. The molecule has 1 N–H and O–H groups in total. The summed E-state index contributed by atoms with van der Waals surface area (Å²) in [7, 11) is -3.50. The number of aromatic amines is 1. The fourth-order valence-electron chi connectivity index (χ4n) is 3.68. The smallest absolute Gasteiger partial charge is 0.259 e. The van der Waals surface area contributed by atoms with Gasteiger partial charge in [0.25, 0.3) is 5.56 Å². The Labute approximate surface area is 178 Å². The Morgan fingerprint density at radius 2 is 1.83 bits per heavy atom. The van der Waals surface area contributed by atoms with E-state index in [2.05, 4.69) is 14.9 Å². The van der Waals surface area contributed by atoms with E-state index < -0.39 is 10.0 Å². The summed E-state index contributed by atoms with van der Waals surface area (Å²) in [5, 5.41) is 0.465. The Morgan fingerprint density at radius 1 is 1.17 bits per heavy atom. The monoisotopic (exact) mass is 446 g/mol. The van der Waals surface area contributed by atoms with Crippen LogP contribution in [0.1, 0.15) is 28.0 Å². The Balaban J connectivity index is 1.48. The van der Waals surface area contributed by atoms with E-state index in [0.717, 1.165) is 0 Å². The molecule has 3 aromatic rings. The van der Waals surface area contributed by atoms with E-state index in [9.17, 15) is 18.0 Å². The number of hydrogen-bond acceptors (Lipinski definition) is 7. The first-order valence-electron chi connectivity index (χ1n) is 9.58. The van der Waals surface area contributed by atoms with Crippen LogP contribution in [0.2, 0.25) is 0 Å². The second kappa shape index (κ2) is 8.03. The summed E-state index contributed by atoms with van der Waals surface area (Å²) < 4.78 is 27.0. The summed E-state index contributed by atoms with van der Waals surface area (Å²) >= 11 is 1.24. The van der Waals surface area contributed by atoms with E-state index in [1.807, 2.05) is 0 Å². The van der Waals surface area contributed by atoms with Crippen molar-refractivity contribution in [1.82, 2.24) is 19.2 Å². The van der Waals surface area contributed by atoms with Crippen LogP contribution in [0.15, 0.2) is 40.0 Å². The van der Waals surface area contributed by atoms with Crippen LogP contribution in [0.3, 0.4) is 0 Å². The molecule has 1 aromatic carbocycles. The van der Waals surface area contributed by atoms with Crippen LogP contribution in [0.25, 0.3) is 10.2 Å². The van der Waals surface area contributed by atoms with Crippen molar-refractivity contribution < 1.29 is 13.2 Å². The first-order valence-corrected chi connectivity index (χ1v) is 11.8. The molecule has 0 radical (unpaired) electrons. The molecule has 10 heteroatoms. The third kappa shape index (κ3) is 3.83. The number of rotatable bonds is 5. The first kappa shape index (κ1) is 20.9. The highest BCUT2D eigenvalue weighted by molar-refractivity contribution is 7.89. The summed E-state index contributed by atoms with van der Waals surface area (Å²) in [5.74, 6) is 0.440. The molecule has 1 saturated heterocycles. The van der Waals surface area contributed by atoms with Crippen molar-refractivity contribution >= 4 is 37.4 Å². The van der Waals surface area contributed by atoms with Crippen LogP contribution in [-0.4, -0.2) is 59.6 Å². The van der Waals surface area contributed by atoms with E-state index in [1.165, 1.54) is 22.6 Å².